The lowest BCUT2D eigenvalue weighted by molar-refractivity contribution is 0.0699. The number of aryl methyl sites for hydroxylation is 1. The van der Waals surface area contributed by atoms with Crippen molar-refractivity contribution in [3.05, 3.63) is 54.0 Å². The Kier molecular flexibility index (Phi) is 2.87. The quantitative estimate of drug-likeness (QED) is 0.771. The molecule has 5 heteroatoms. The molecule has 3 rings (SSSR count). The molecule has 98 valence electrons. The van der Waals surface area contributed by atoms with Gasteiger partial charge < -0.3 is 5.11 Å². The molecule has 0 spiro atoms. The number of para-hydroxylation sites is 1. The molecule has 0 aliphatic rings. The fourth-order valence-corrected chi connectivity index (χ4v) is 2.13. The number of rotatable bonds is 2. The maximum Gasteiger partial charge on any atom is 0.336 e. The summed E-state index contributed by atoms with van der Waals surface area (Å²) in [5.74, 6) is -0.980. The summed E-state index contributed by atoms with van der Waals surface area (Å²) in [7, 11) is 0. The summed E-state index contributed by atoms with van der Waals surface area (Å²) < 4.78 is 0. The van der Waals surface area contributed by atoms with Gasteiger partial charge in [-0.05, 0) is 19.1 Å². The maximum atomic E-state index is 11.4. The van der Waals surface area contributed by atoms with Crippen LogP contribution in [0.2, 0.25) is 0 Å². The van der Waals surface area contributed by atoms with Crippen molar-refractivity contribution in [2.75, 3.05) is 0 Å². The van der Waals surface area contributed by atoms with Crippen LogP contribution < -0.4 is 0 Å². The van der Waals surface area contributed by atoms with E-state index < -0.39 is 5.97 Å². The minimum atomic E-state index is -0.980. The molecule has 0 saturated carbocycles. The van der Waals surface area contributed by atoms with Gasteiger partial charge in [0.2, 0.25) is 0 Å². The SMILES string of the molecule is Cc1nccnc1-c1cc(C(=O)O)c2ccccc2n1. The molecule has 0 bridgehead atoms. The van der Waals surface area contributed by atoms with Crippen LogP contribution in [-0.2, 0) is 0 Å². The molecule has 2 aromatic heterocycles. The lowest BCUT2D eigenvalue weighted by Crippen LogP contribution is -2.01. The number of hydrogen-bond acceptors (Lipinski definition) is 4. The maximum absolute atomic E-state index is 11.4. The zero-order valence-corrected chi connectivity index (χ0v) is 10.7. The van der Waals surface area contributed by atoms with Crippen molar-refractivity contribution in [3.8, 4) is 11.4 Å². The molecule has 0 aliphatic heterocycles. The third kappa shape index (κ3) is 1.99. The van der Waals surface area contributed by atoms with Crippen LogP contribution >= 0.6 is 0 Å². The van der Waals surface area contributed by atoms with E-state index in [-0.39, 0.29) is 5.56 Å². The molecular weight excluding hydrogens is 254 g/mol. The first-order chi connectivity index (χ1) is 9.66. The summed E-state index contributed by atoms with van der Waals surface area (Å²) in [5.41, 5.74) is 2.68. The third-order valence-corrected chi connectivity index (χ3v) is 3.07. The lowest BCUT2D eigenvalue weighted by atomic mass is 10.1. The van der Waals surface area contributed by atoms with Gasteiger partial charge in [-0.15, -0.1) is 0 Å². The van der Waals surface area contributed by atoms with E-state index >= 15 is 0 Å². The van der Waals surface area contributed by atoms with Gasteiger partial charge in [-0.1, -0.05) is 18.2 Å². The van der Waals surface area contributed by atoms with Gasteiger partial charge >= 0.3 is 5.97 Å². The van der Waals surface area contributed by atoms with Crippen molar-refractivity contribution in [2.45, 2.75) is 6.92 Å². The molecule has 0 aliphatic carbocycles. The second-order valence-electron chi connectivity index (χ2n) is 4.37. The molecule has 0 unspecified atom stereocenters. The number of nitrogens with zero attached hydrogens (tertiary/aromatic N) is 3. The second-order valence-corrected chi connectivity index (χ2v) is 4.37. The van der Waals surface area contributed by atoms with Crippen LogP contribution in [0.1, 0.15) is 16.1 Å². The summed E-state index contributed by atoms with van der Waals surface area (Å²) in [5, 5.41) is 9.98. The predicted octanol–water partition coefficient (Wildman–Crippen LogP) is 2.70. The molecule has 2 heterocycles. The smallest absolute Gasteiger partial charge is 0.336 e. The van der Waals surface area contributed by atoms with Gasteiger partial charge in [-0.2, -0.15) is 0 Å². The number of hydrogen-bond donors (Lipinski definition) is 1. The molecular formula is C15H11N3O2. The van der Waals surface area contributed by atoms with Gasteiger partial charge in [0.15, 0.2) is 0 Å². The van der Waals surface area contributed by atoms with Crippen LogP contribution in [0.5, 0.6) is 0 Å². The molecule has 0 saturated heterocycles. The Morgan fingerprint density at radius 3 is 2.65 bits per heavy atom. The third-order valence-electron chi connectivity index (χ3n) is 3.07. The number of benzene rings is 1. The number of carboxylic acid groups (broad SMARTS) is 1. The van der Waals surface area contributed by atoms with Crippen molar-refractivity contribution in [1.82, 2.24) is 15.0 Å². The van der Waals surface area contributed by atoms with Crippen LogP contribution in [0.4, 0.5) is 0 Å². The standard InChI is InChI=1S/C15H11N3O2/c1-9-14(17-7-6-16-9)13-8-11(15(19)20)10-4-2-3-5-12(10)18-13/h2-8H,1H3,(H,19,20). The van der Waals surface area contributed by atoms with Gasteiger partial charge in [0.1, 0.15) is 5.69 Å². The number of carbonyl (C=O) groups is 1. The summed E-state index contributed by atoms with van der Waals surface area (Å²) in [6.45, 7) is 1.82. The highest BCUT2D eigenvalue weighted by atomic mass is 16.4. The summed E-state index contributed by atoms with van der Waals surface area (Å²) in [6.07, 6.45) is 3.16. The van der Waals surface area contributed by atoms with Crippen molar-refractivity contribution >= 4 is 16.9 Å². The Bertz CT molecular complexity index is 815. The van der Waals surface area contributed by atoms with Gasteiger partial charge in [0, 0.05) is 17.8 Å². The fourth-order valence-electron chi connectivity index (χ4n) is 2.13. The molecule has 3 aromatic rings. The summed E-state index contributed by atoms with van der Waals surface area (Å²) >= 11 is 0. The highest BCUT2D eigenvalue weighted by molar-refractivity contribution is 6.03. The lowest BCUT2D eigenvalue weighted by Gasteiger charge is -2.07. The minimum Gasteiger partial charge on any atom is -0.478 e. The van der Waals surface area contributed by atoms with Crippen LogP contribution in [0.25, 0.3) is 22.3 Å². The van der Waals surface area contributed by atoms with E-state index in [0.717, 1.165) is 0 Å². The Morgan fingerprint density at radius 2 is 1.90 bits per heavy atom. The summed E-state index contributed by atoms with van der Waals surface area (Å²) in [6, 6.07) is 8.70. The van der Waals surface area contributed by atoms with E-state index in [2.05, 4.69) is 15.0 Å². The van der Waals surface area contributed by atoms with Crippen molar-refractivity contribution in [1.29, 1.82) is 0 Å². The van der Waals surface area contributed by atoms with Gasteiger partial charge in [0.25, 0.3) is 0 Å². The fraction of sp³-hybridized carbons (Fsp3) is 0.0667. The van der Waals surface area contributed by atoms with E-state index in [9.17, 15) is 9.90 Å². The van der Waals surface area contributed by atoms with Crippen LogP contribution in [0.3, 0.4) is 0 Å². The van der Waals surface area contributed by atoms with Gasteiger partial charge in [-0.25, -0.2) is 9.78 Å². The normalized spacial score (nSPS) is 10.7. The Balaban J connectivity index is 2.33. The van der Waals surface area contributed by atoms with E-state index in [1.165, 1.54) is 0 Å². The molecule has 1 aromatic carbocycles. The minimum absolute atomic E-state index is 0.218. The van der Waals surface area contributed by atoms with Crippen LogP contribution in [0.15, 0.2) is 42.7 Å². The first kappa shape index (κ1) is 12.2. The second kappa shape index (κ2) is 4.70. The first-order valence-corrected chi connectivity index (χ1v) is 6.08. The van der Waals surface area contributed by atoms with E-state index in [0.29, 0.717) is 28.0 Å². The monoisotopic (exact) mass is 265 g/mol. The number of fused-ring (bicyclic) bond motifs is 1. The first-order valence-electron chi connectivity index (χ1n) is 6.08. The number of carboxylic acids is 1. The molecule has 5 nitrogen and oxygen atoms in total. The van der Waals surface area contributed by atoms with E-state index in [4.69, 9.17) is 0 Å². The molecule has 0 radical (unpaired) electrons. The molecule has 0 atom stereocenters. The van der Waals surface area contributed by atoms with Crippen molar-refractivity contribution in [2.24, 2.45) is 0 Å². The molecule has 1 N–H and O–H groups in total. The highest BCUT2D eigenvalue weighted by Gasteiger charge is 2.14. The number of aromatic carboxylic acids is 1. The largest absolute Gasteiger partial charge is 0.478 e. The predicted molar refractivity (Wildman–Crippen MR) is 74.5 cm³/mol. The average molecular weight is 265 g/mol. The van der Waals surface area contributed by atoms with Crippen molar-refractivity contribution < 1.29 is 9.90 Å². The van der Waals surface area contributed by atoms with E-state index in [1.54, 1.807) is 36.7 Å². The van der Waals surface area contributed by atoms with Crippen molar-refractivity contribution in [3.63, 3.8) is 0 Å². The van der Waals surface area contributed by atoms with Gasteiger partial charge in [0.05, 0.1) is 22.5 Å². The zero-order chi connectivity index (χ0) is 14.1. The molecule has 0 amide bonds. The van der Waals surface area contributed by atoms with Crippen LogP contribution in [-0.4, -0.2) is 26.0 Å². The molecule has 0 fully saturated rings. The Hall–Kier alpha value is -2.82. The zero-order valence-electron chi connectivity index (χ0n) is 10.7. The summed E-state index contributed by atoms with van der Waals surface area (Å²) in [4.78, 5) is 24.3. The van der Waals surface area contributed by atoms with Gasteiger partial charge in [-0.3, -0.25) is 9.97 Å². The highest BCUT2D eigenvalue weighted by Crippen LogP contribution is 2.24. The topological polar surface area (TPSA) is 76.0 Å². The number of pyridine rings is 1. The Morgan fingerprint density at radius 1 is 1.15 bits per heavy atom. The van der Waals surface area contributed by atoms with E-state index in [1.807, 2.05) is 13.0 Å². The average Bonchev–Trinajstić information content (AvgIpc) is 2.46. The Labute approximate surface area is 115 Å². The molecule has 20 heavy (non-hydrogen) atoms. The van der Waals surface area contributed by atoms with Crippen LogP contribution in [0, 0.1) is 6.92 Å². The number of aromatic nitrogens is 3.